The quantitative estimate of drug-likeness (QED) is 0.373. The summed E-state index contributed by atoms with van der Waals surface area (Å²) in [5, 5.41) is 0. The van der Waals surface area contributed by atoms with Crippen LogP contribution in [0.3, 0.4) is 0 Å². The summed E-state index contributed by atoms with van der Waals surface area (Å²) >= 11 is 17.1. The van der Waals surface area contributed by atoms with Gasteiger partial charge in [-0.15, -0.1) is 39.8 Å². The molecule has 1 unspecified atom stereocenters. The minimum Gasteiger partial charge on any atom is -0.125 e. The zero-order valence-corrected chi connectivity index (χ0v) is 8.47. The Hall–Kier alpha value is 0.827. The predicted octanol–water partition coefficient (Wildman–Crippen LogP) is 3.61. The molecule has 0 aliphatic heterocycles. The molecule has 0 N–H and O–H groups in total. The predicted molar refractivity (Wildman–Crippen MR) is 47.6 cm³/mol. The Labute approximate surface area is 70.9 Å². The Morgan fingerprint density at radius 3 is 2.00 bits per heavy atom. The van der Waals surface area contributed by atoms with Gasteiger partial charge in [-0.1, -0.05) is 13.0 Å². The maximum atomic E-state index is 5.70. The molecule has 0 saturated heterocycles. The van der Waals surface area contributed by atoms with Gasteiger partial charge in [0.05, 0.1) is 0 Å². The Bertz CT molecular complexity index is 96.9. The molecule has 9 heavy (non-hydrogen) atoms. The van der Waals surface area contributed by atoms with Crippen LogP contribution in [0.2, 0.25) is 5.54 Å². The third kappa shape index (κ3) is 3.51. The summed E-state index contributed by atoms with van der Waals surface area (Å²) in [5.74, 6) is 0. The molecule has 0 spiro atoms. The third-order valence-corrected chi connectivity index (χ3v) is 5.15. The second-order valence-electron chi connectivity index (χ2n) is 1.79. The highest BCUT2D eigenvalue weighted by Crippen LogP contribution is 2.36. The largest absolute Gasteiger partial charge is 0.347 e. The lowest BCUT2D eigenvalue weighted by atomic mass is 10.3. The van der Waals surface area contributed by atoms with Gasteiger partial charge in [0.2, 0.25) is 0 Å². The first-order valence-corrected chi connectivity index (χ1v) is 7.83. The lowest BCUT2D eigenvalue weighted by molar-refractivity contribution is 0.945. The summed E-state index contributed by atoms with van der Waals surface area (Å²) < 4.78 is 0. The highest BCUT2D eigenvalue weighted by molar-refractivity contribution is 7.65. The smallest absolute Gasteiger partial charge is 0.125 e. The van der Waals surface area contributed by atoms with Gasteiger partial charge in [-0.3, -0.25) is 0 Å². The van der Waals surface area contributed by atoms with Crippen molar-refractivity contribution in [3.05, 3.63) is 12.7 Å². The maximum absolute atomic E-state index is 5.70. The summed E-state index contributed by atoms with van der Waals surface area (Å²) in [6, 6.07) is -2.49. The number of halogens is 3. The molecule has 0 amide bonds. The Morgan fingerprint density at radius 2 is 2.00 bits per heavy atom. The Morgan fingerprint density at radius 1 is 1.56 bits per heavy atom. The molecular weight excluding hydrogens is 194 g/mol. The van der Waals surface area contributed by atoms with Crippen molar-refractivity contribution in [2.75, 3.05) is 0 Å². The number of hydrogen-bond donors (Lipinski definition) is 0. The van der Waals surface area contributed by atoms with Gasteiger partial charge in [-0.2, -0.15) is 0 Å². The van der Waals surface area contributed by atoms with Crippen molar-refractivity contribution in [1.29, 1.82) is 0 Å². The normalized spacial score (nSPS) is 15.1. The van der Waals surface area contributed by atoms with E-state index in [4.69, 9.17) is 33.2 Å². The molecule has 0 aromatic rings. The Kier molecular flexibility index (Phi) is 4.22. The van der Waals surface area contributed by atoms with Crippen LogP contribution >= 0.6 is 33.2 Å². The zero-order valence-electron chi connectivity index (χ0n) is 5.20. The van der Waals surface area contributed by atoms with Crippen LogP contribution < -0.4 is 0 Å². The average Bonchev–Trinajstić information content (AvgIpc) is 1.65. The molecule has 54 valence electrons. The van der Waals surface area contributed by atoms with Gasteiger partial charge in [-0.05, 0) is 6.42 Å². The number of rotatable bonds is 3. The maximum Gasteiger partial charge on any atom is 0.347 e. The first-order valence-electron chi connectivity index (χ1n) is 2.71. The van der Waals surface area contributed by atoms with E-state index in [1.165, 1.54) is 0 Å². The van der Waals surface area contributed by atoms with Gasteiger partial charge in [0.25, 0.3) is 0 Å². The van der Waals surface area contributed by atoms with E-state index in [2.05, 4.69) is 6.58 Å². The topological polar surface area (TPSA) is 0 Å². The Balaban J connectivity index is 3.94. The minimum atomic E-state index is -2.49. The molecule has 0 fully saturated rings. The SMILES string of the molecule is C=CC(CC)[Si](Cl)(Cl)Cl. The fourth-order valence-corrected chi connectivity index (χ4v) is 3.45. The van der Waals surface area contributed by atoms with E-state index in [-0.39, 0.29) is 5.54 Å². The standard InChI is InChI=1S/C5H9Cl3Si/c1-3-5(4-2)9(6,7)8/h3,5H,1,4H2,2H3. The molecule has 0 aliphatic rings. The monoisotopic (exact) mass is 202 g/mol. The van der Waals surface area contributed by atoms with Crippen LogP contribution in [0.15, 0.2) is 12.7 Å². The molecule has 0 nitrogen and oxygen atoms in total. The van der Waals surface area contributed by atoms with Crippen LogP contribution in [0, 0.1) is 0 Å². The van der Waals surface area contributed by atoms with Gasteiger partial charge in [0.1, 0.15) is 0 Å². The van der Waals surface area contributed by atoms with E-state index in [1.807, 2.05) is 6.92 Å². The molecule has 0 radical (unpaired) electrons. The summed E-state index contributed by atoms with van der Waals surface area (Å²) in [4.78, 5) is 0. The van der Waals surface area contributed by atoms with Crippen LogP contribution in [0.5, 0.6) is 0 Å². The molecule has 0 heterocycles. The second kappa shape index (κ2) is 3.87. The van der Waals surface area contributed by atoms with Crippen molar-refractivity contribution in [2.45, 2.75) is 18.9 Å². The van der Waals surface area contributed by atoms with Gasteiger partial charge in [-0.25, -0.2) is 0 Å². The van der Waals surface area contributed by atoms with Gasteiger partial charge in [0, 0.05) is 5.54 Å². The van der Waals surface area contributed by atoms with E-state index in [9.17, 15) is 0 Å². The average molecular weight is 204 g/mol. The highest BCUT2D eigenvalue weighted by Gasteiger charge is 2.32. The molecule has 1 atom stereocenters. The summed E-state index contributed by atoms with van der Waals surface area (Å²) in [6.45, 7) is 5.57. The van der Waals surface area contributed by atoms with E-state index in [0.717, 1.165) is 6.42 Å². The summed E-state index contributed by atoms with van der Waals surface area (Å²) in [7, 11) is 0. The molecule has 4 heteroatoms. The fourth-order valence-electron chi connectivity index (χ4n) is 0.532. The van der Waals surface area contributed by atoms with Gasteiger partial charge >= 0.3 is 6.00 Å². The number of allylic oxidation sites excluding steroid dienone is 1. The van der Waals surface area contributed by atoms with Gasteiger partial charge in [0.15, 0.2) is 0 Å². The zero-order chi connectivity index (χ0) is 7.49. The van der Waals surface area contributed by atoms with Crippen LogP contribution in [-0.4, -0.2) is 6.00 Å². The van der Waals surface area contributed by atoms with E-state index < -0.39 is 6.00 Å². The van der Waals surface area contributed by atoms with Crippen molar-refractivity contribution < 1.29 is 0 Å². The van der Waals surface area contributed by atoms with E-state index >= 15 is 0 Å². The van der Waals surface area contributed by atoms with Crippen LogP contribution in [-0.2, 0) is 0 Å². The van der Waals surface area contributed by atoms with Crippen molar-refractivity contribution in [3.8, 4) is 0 Å². The van der Waals surface area contributed by atoms with Crippen LogP contribution in [0.25, 0.3) is 0 Å². The van der Waals surface area contributed by atoms with E-state index in [1.54, 1.807) is 6.08 Å². The molecular formula is C5H9Cl3Si. The first kappa shape index (κ1) is 9.83. The molecule has 0 aromatic heterocycles. The molecule has 0 rings (SSSR count). The van der Waals surface area contributed by atoms with Crippen molar-refractivity contribution in [2.24, 2.45) is 0 Å². The van der Waals surface area contributed by atoms with E-state index in [0.29, 0.717) is 0 Å². The fraction of sp³-hybridized carbons (Fsp3) is 0.600. The first-order chi connectivity index (χ1) is 4.02. The molecule has 0 saturated carbocycles. The summed E-state index contributed by atoms with van der Waals surface area (Å²) in [5.41, 5.74) is 0.0995. The third-order valence-electron chi connectivity index (χ3n) is 1.14. The van der Waals surface area contributed by atoms with Crippen molar-refractivity contribution >= 4 is 39.2 Å². The minimum absolute atomic E-state index is 0.0995. The molecule has 0 bridgehead atoms. The molecule has 0 aromatic carbocycles. The van der Waals surface area contributed by atoms with Crippen LogP contribution in [0.4, 0.5) is 0 Å². The second-order valence-corrected chi connectivity index (χ2v) is 10.7. The summed E-state index contributed by atoms with van der Waals surface area (Å²) in [6.07, 6.45) is 2.59. The van der Waals surface area contributed by atoms with Crippen molar-refractivity contribution in [3.63, 3.8) is 0 Å². The highest BCUT2D eigenvalue weighted by atomic mass is 35.8. The lowest BCUT2D eigenvalue weighted by Crippen LogP contribution is -2.16. The van der Waals surface area contributed by atoms with Crippen LogP contribution in [0.1, 0.15) is 13.3 Å². The van der Waals surface area contributed by atoms with Crippen molar-refractivity contribution in [1.82, 2.24) is 0 Å². The van der Waals surface area contributed by atoms with Gasteiger partial charge < -0.3 is 0 Å². The number of hydrogen-bond acceptors (Lipinski definition) is 0. The molecule has 0 aliphatic carbocycles. The lowest BCUT2D eigenvalue weighted by Gasteiger charge is -2.15.